The number of hydrogen-bond donors (Lipinski definition) is 2. The van der Waals surface area contributed by atoms with E-state index in [1.807, 2.05) is 26.0 Å². The van der Waals surface area contributed by atoms with Crippen LogP contribution < -0.4 is 19.6 Å². The van der Waals surface area contributed by atoms with Crippen LogP contribution in [0.3, 0.4) is 0 Å². The summed E-state index contributed by atoms with van der Waals surface area (Å²) in [5.74, 6) is -0.917. The second kappa shape index (κ2) is 12.3. The molecule has 0 saturated heterocycles. The standard InChI is InChI=1S/C31H28N2O6S/c1-21-13-16-25(17-14-21)40(36,37)39-28-18-15-23(20-29(28)38-3)19-27(33-30(34)24-10-5-4-6-11-24)31(35)32-26-12-8-7-9-22(26)2/h4-20H,1-3H3,(H,32,35)(H,33,34)/b27-19-. The summed E-state index contributed by atoms with van der Waals surface area (Å²) < 4.78 is 36.3. The highest BCUT2D eigenvalue weighted by Crippen LogP contribution is 2.31. The third-order valence-electron chi connectivity index (χ3n) is 5.93. The lowest BCUT2D eigenvalue weighted by atomic mass is 10.1. The summed E-state index contributed by atoms with van der Waals surface area (Å²) in [4.78, 5) is 26.2. The Morgan fingerprint density at radius 3 is 2.15 bits per heavy atom. The highest BCUT2D eigenvalue weighted by atomic mass is 32.2. The normalized spacial score (nSPS) is 11.4. The van der Waals surface area contributed by atoms with Crippen LogP contribution in [0.2, 0.25) is 0 Å². The maximum absolute atomic E-state index is 13.3. The minimum Gasteiger partial charge on any atom is -0.493 e. The molecule has 9 heteroatoms. The van der Waals surface area contributed by atoms with Gasteiger partial charge in [0, 0.05) is 11.3 Å². The molecule has 0 bridgehead atoms. The van der Waals surface area contributed by atoms with Crippen molar-refractivity contribution >= 4 is 33.7 Å². The number of carbonyl (C=O) groups is 2. The van der Waals surface area contributed by atoms with Crippen molar-refractivity contribution in [3.8, 4) is 11.5 Å². The molecule has 4 rings (SSSR count). The van der Waals surface area contributed by atoms with Crippen LogP contribution >= 0.6 is 0 Å². The fourth-order valence-electron chi connectivity index (χ4n) is 3.73. The molecule has 4 aromatic rings. The van der Waals surface area contributed by atoms with Crippen molar-refractivity contribution in [2.45, 2.75) is 18.7 Å². The van der Waals surface area contributed by atoms with E-state index in [4.69, 9.17) is 8.92 Å². The molecule has 0 aromatic heterocycles. The fourth-order valence-corrected chi connectivity index (χ4v) is 4.67. The van der Waals surface area contributed by atoms with Gasteiger partial charge in [-0.05, 0) is 73.5 Å². The number of benzene rings is 4. The van der Waals surface area contributed by atoms with E-state index >= 15 is 0 Å². The minimum atomic E-state index is -4.11. The molecule has 0 aliphatic carbocycles. The third kappa shape index (κ3) is 6.95. The van der Waals surface area contributed by atoms with Gasteiger partial charge in [0.05, 0.1) is 7.11 Å². The molecule has 0 aliphatic rings. The Morgan fingerprint density at radius 2 is 1.48 bits per heavy atom. The Kier molecular flexibility index (Phi) is 8.66. The van der Waals surface area contributed by atoms with Gasteiger partial charge in [-0.2, -0.15) is 8.42 Å². The van der Waals surface area contributed by atoms with Crippen LogP contribution in [0, 0.1) is 13.8 Å². The summed E-state index contributed by atoms with van der Waals surface area (Å²) in [6.45, 7) is 3.71. The first-order valence-corrected chi connectivity index (χ1v) is 13.7. The van der Waals surface area contributed by atoms with E-state index in [1.165, 1.54) is 37.5 Å². The number of aryl methyl sites for hydroxylation is 2. The van der Waals surface area contributed by atoms with Gasteiger partial charge in [0.25, 0.3) is 11.8 Å². The van der Waals surface area contributed by atoms with E-state index in [0.29, 0.717) is 16.8 Å². The number of anilines is 1. The van der Waals surface area contributed by atoms with Crippen molar-refractivity contribution < 1.29 is 26.9 Å². The molecule has 204 valence electrons. The second-order valence-corrected chi connectivity index (χ2v) is 10.5. The van der Waals surface area contributed by atoms with Crippen molar-refractivity contribution in [3.05, 3.63) is 125 Å². The molecule has 0 aliphatic heterocycles. The smallest absolute Gasteiger partial charge is 0.339 e. The maximum atomic E-state index is 13.3. The number of carbonyl (C=O) groups excluding carboxylic acids is 2. The van der Waals surface area contributed by atoms with Crippen molar-refractivity contribution in [1.29, 1.82) is 0 Å². The number of para-hydroxylation sites is 1. The summed E-state index contributed by atoms with van der Waals surface area (Å²) in [5, 5.41) is 5.50. The SMILES string of the molecule is COc1cc(/C=C(\NC(=O)c2ccccc2)C(=O)Nc2ccccc2C)ccc1OS(=O)(=O)c1ccc(C)cc1. The number of rotatable bonds is 9. The topological polar surface area (TPSA) is 111 Å². The summed E-state index contributed by atoms with van der Waals surface area (Å²) in [6, 6.07) is 26.5. The number of amides is 2. The van der Waals surface area contributed by atoms with E-state index in [0.717, 1.165) is 11.1 Å². The Morgan fingerprint density at radius 1 is 0.800 bits per heavy atom. The number of ether oxygens (including phenoxy) is 1. The van der Waals surface area contributed by atoms with Crippen molar-refractivity contribution in [1.82, 2.24) is 5.32 Å². The second-order valence-electron chi connectivity index (χ2n) is 8.91. The Hall–Kier alpha value is -4.89. The molecule has 0 atom stereocenters. The summed E-state index contributed by atoms with van der Waals surface area (Å²) in [6.07, 6.45) is 1.47. The van der Waals surface area contributed by atoms with Crippen LogP contribution in [-0.4, -0.2) is 27.3 Å². The zero-order valence-corrected chi connectivity index (χ0v) is 23.0. The molecule has 0 heterocycles. The van der Waals surface area contributed by atoms with Gasteiger partial charge in [0.15, 0.2) is 11.5 Å². The highest BCUT2D eigenvalue weighted by Gasteiger charge is 2.20. The lowest BCUT2D eigenvalue weighted by Gasteiger charge is -2.14. The van der Waals surface area contributed by atoms with E-state index in [2.05, 4.69) is 10.6 Å². The number of hydrogen-bond acceptors (Lipinski definition) is 6. The lowest BCUT2D eigenvalue weighted by Crippen LogP contribution is -2.30. The predicted octanol–water partition coefficient (Wildman–Crippen LogP) is 5.49. The Balaban J connectivity index is 1.66. The van der Waals surface area contributed by atoms with Crippen LogP contribution in [0.15, 0.2) is 108 Å². The van der Waals surface area contributed by atoms with Gasteiger partial charge in [0.2, 0.25) is 0 Å². The van der Waals surface area contributed by atoms with Crippen LogP contribution in [0.25, 0.3) is 6.08 Å². The van der Waals surface area contributed by atoms with Gasteiger partial charge < -0.3 is 19.6 Å². The van der Waals surface area contributed by atoms with E-state index in [1.54, 1.807) is 60.7 Å². The average Bonchev–Trinajstić information content (AvgIpc) is 2.95. The molecule has 2 N–H and O–H groups in total. The van der Waals surface area contributed by atoms with Gasteiger partial charge in [-0.15, -0.1) is 0 Å². The molecular formula is C31H28N2O6S. The van der Waals surface area contributed by atoms with Gasteiger partial charge in [-0.25, -0.2) is 0 Å². The van der Waals surface area contributed by atoms with Crippen LogP contribution in [-0.2, 0) is 14.9 Å². The molecule has 0 saturated carbocycles. The maximum Gasteiger partial charge on any atom is 0.339 e. The molecule has 0 fully saturated rings. The highest BCUT2D eigenvalue weighted by molar-refractivity contribution is 7.87. The van der Waals surface area contributed by atoms with Crippen molar-refractivity contribution in [2.75, 3.05) is 12.4 Å². The van der Waals surface area contributed by atoms with E-state index in [-0.39, 0.29) is 22.1 Å². The van der Waals surface area contributed by atoms with Crippen molar-refractivity contribution in [3.63, 3.8) is 0 Å². The fraction of sp³-hybridized carbons (Fsp3) is 0.0968. The minimum absolute atomic E-state index is 0.00270. The van der Waals surface area contributed by atoms with Crippen LogP contribution in [0.5, 0.6) is 11.5 Å². The number of methoxy groups -OCH3 is 1. The summed E-state index contributed by atoms with van der Waals surface area (Å²) >= 11 is 0. The first-order valence-electron chi connectivity index (χ1n) is 12.3. The molecule has 0 unspecified atom stereocenters. The quantitative estimate of drug-likeness (QED) is 0.208. The molecule has 40 heavy (non-hydrogen) atoms. The molecule has 8 nitrogen and oxygen atoms in total. The van der Waals surface area contributed by atoms with Gasteiger partial charge in [0.1, 0.15) is 10.6 Å². The van der Waals surface area contributed by atoms with Crippen LogP contribution in [0.4, 0.5) is 5.69 Å². The molecule has 0 spiro atoms. The molecule has 2 amide bonds. The third-order valence-corrected chi connectivity index (χ3v) is 7.18. The van der Waals surface area contributed by atoms with Crippen molar-refractivity contribution in [2.24, 2.45) is 0 Å². The van der Waals surface area contributed by atoms with E-state index in [9.17, 15) is 18.0 Å². The zero-order chi connectivity index (χ0) is 28.7. The monoisotopic (exact) mass is 556 g/mol. The van der Waals surface area contributed by atoms with Gasteiger partial charge >= 0.3 is 10.1 Å². The Labute approximate surface area is 233 Å². The van der Waals surface area contributed by atoms with Crippen LogP contribution in [0.1, 0.15) is 27.0 Å². The lowest BCUT2D eigenvalue weighted by molar-refractivity contribution is -0.113. The molecule has 4 aromatic carbocycles. The first-order chi connectivity index (χ1) is 19.2. The van der Waals surface area contributed by atoms with E-state index < -0.39 is 21.9 Å². The number of nitrogens with one attached hydrogen (secondary N) is 2. The first kappa shape index (κ1) is 28.1. The summed E-state index contributed by atoms with van der Waals surface area (Å²) in [7, 11) is -2.74. The Bertz CT molecular complexity index is 1660. The average molecular weight is 557 g/mol. The largest absolute Gasteiger partial charge is 0.493 e. The van der Waals surface area contributed by atoms with Gasteiger partial charge in [-0.1, -0.05) is 60.2 Å². The summed E-state index contributed by atoms with van der Waals surface area (Å²) in [5.41, 5.74) is 3.16. The molecule has 0 radical (unpaired) electrons. The predicted molar refractivity (Wildman–Crippen MR) is 154 cm³/mol. The zero-order valence-electron chi connectivity index (χ0n) is 22.2. The molecular weight excluding hydrogens is 528 g/mol. The van der Waals surface area contributed by atoms with Gasteiger partial charge in [-0.3, -0.25) is 9.59 Å².